The van der Waals surface area contributed by atoms with Crippen molar-refractivity contribution in [2.45, 2.75) is 13.3 Å². The molecule has 5 N–H and O–H groups in total. The van der Waals surface area contributed by atoms with Crippen LogP contribution in [0.1, 0.15) is 12.6 Å². The van der Waals surface area contributed by atoms with Gasteiger partial charge in [0.15, 0.2) is 0 Å². The van der Waals surface area contributed by atoms with E-state index in [1.54, 1.807) is 0 Å². The van der Waals surface area contributed by atoms with Crippen molar-refractivity contribution in [1.29, 1.82) is 0 Å². The van der Waals surface area contributed by atoms with Gasteiger partial charge in [0.25, 0.3) is 0 Å². The number of rotatable bonds is 2. The minimum Gasteiger partial charge on any atom is -0.399 e. The largest absolute Gasteiger partial charge is 0.399 e. The lowest BCUT2D eigenvalue weighted by Gasteiger charge is -2.00. The van der Waals surface area contributed by atoms with E-state index >= 15 is 0 Å². The lowest BCUT2D eigenvalue weighted by Crippen LogP contribution is -1.88. The van der Waals surface area contributed by atoms with Gasteiger partial charge in [-0.3, -0.25) is 0 Å². The van der Waals surface area contributed by atoms with Gasteiger partial charge in [-0.2, -0.15) is 0 Å². The van der Waals surface area contributed by atoms with Crippen LogP contribution in [0, 0.1) is 0 Å². The molecule has 0 saturated carbocycles. The number of aromatic amines is 1. The standard InChI is InChI=1S/C12H15N3/c1-2-10-7-11(14)12(15-10)8-3-5-9(13)6-4-8/h3-7,15H,2,13-14H2,1H3. The third kappa shape index (κ3) is 1.81. The lowest BCUT2D eigenvalue weighted by atomic mass is 10.1. The molecule has 2 aromatic rings. The molecule has 3 heteroatoms. The number of nitrogen functional groups attached to an aromatic ring is 2. The zero-order valence-corrected chi connectivity index (χ0v) is 8.75. The molecule has 0 fully saturated rings. The fourth-order valence-corrected chi connectivity index (χ4v) is 1.61. The number of anilines is 2. The van der Waals surface area contributed by atoms with Crippen LogP contribution in [-0.2, 0) is 6.42 Å². The van der Waals surface area contributed by atoms with E-state index in [0.717, 1.165) is 34.7 Å². The molecule has 0 spiro atoms. The van der Waals surface area contributed by atoms with Crippen LogP contribution >= 0.6 is 0 Å². The Balaban J connectivity index is 2.44. The molecular formula is C12H15N3. The zero-order chi connectivity index (χ0) is 10.8. The first-order valence-corrected chi connectivity index (χ1v) is 5.04. The second-order valence-corrected chi connectivity index (χ2v) is 3.60. The minimum atomic E-state index is 0.764. The van der Waals surface area contributed by atoms with Crippen LogP contribution in [0.4, 0.5) is 11.4 Å². The molecule has 0 aliphatic rings. The van der Waals surface area contributed by atoms with E-state index in [1.165, 1.54) is 0 Å². The van der Waals surface area contributed by atoms with Crippen LogP contribution < -0.4 is 11.5 Å². The molecule has 1 aromatic heterocycles. The highest BCUT2D eigenvalue weighted by Gasteiger charge is 2.05. The maximum absolute atomic E-state index is 5.92. The van der Waals surface area contributed by atoms with E-state index in [0.29, 0.717) is 0 Å². The Morgan fingerprint density at radius 1 is 1.13 bits per heavy atom. The van der Waals surface area contributed by atoms with Crippen molar-refractivity contribution < 1.29 is 0 Å². The normalized spacial score (nSPS) is 10.5. The van der Waals surface area contributed by atoms with Crippen LogP contribution in [0.2, 0.25) is 0 Å². The summed E-state index contributed by atoms with van der Waals surface area (Å²) in [4.78, 5) is 3.30. The Kier molecular flexibility index (Phi) is 2.37. The average Bonchev–Trinajstić information content (AvgIpc) is 2.61. The number of nitrogens with two attached hydrogens (primary N) is 2. The van der Waals surface area contributed by atoms with Crippen molar-refractivity contribution in [3.05, 3.63) is 36.0 Å². The third-order valence-electron chi connectivity index (χ3n) is 2.48. The maximum atomic E-state index is 5.92. The average molecular weight is 201 g/mol. The van der Waals surface area contributed by atoms with Crippen LogP contribution in [0.15, 0.2) is 30.3 Å². The summed E-state index contributed by atoms with van der Waals surface area (Å²) < 4.78 is 0. The summed E-state index contributed by atoms with van der Waals surface area (Å²) in [6.45, 7) is 2.10. The molecule has 1 heterocycles. The minimum absolute atomic E-state index is 0.764. The predicted molar refractivity (Wildman–Crippen MR) is 64.4 cm³/mol. The van der Waals surface area contributed by atoms with E-state index in [2.05, 4.69) is 11.9 Å². The quantitative estimate of drug-likeness (QED) is 0.653. The van der Waals surface area contributed by atoms with Gasteiger partial charge in [-0.15, -0.1) is 0 Å². The fraction of sp³-hybridized carbons (Fsp3) is 0.167. The molecule has 0 atom stereocenters. The Morgan fingerprint density at radius 3 is 2.33 bits per heavy atom. The topological polar surface area (TPSA) is 67.8 Å². The van der Waals surface area contributed by atoms with Crippen LogP contribution in [0.3, 0.4) is 0 Å². The van der Waals surface area contributed by atoms with Gasteiger partial charge < -0.3 is 16.5 Å². The first-order valence-electron chi connectivity index (χ1n) is 5.04. The summed E-state index contributed by atoms with van der Waals surface area (Å²) in [6.07, 6.45) is 0.958. The van der Waals surface area contributed by atoms with E-state index in [1.807, 2.05) is 30.3 Å². The van der Waals surface area contributed by atoms with E-state index in [-0.39, 0.29) is 0 Å². The Hall–Kier alpha value is -1.90. The van der Waals surface area contributed by atoms with Gasteiger partial charge in [0.1, 0.15) is 0 Å². The second kappa shape index (κ2) is 3.69. The highest BCUT2D eigenvalue weighted by molar-refractivity contribution is 5.74. The van der Waals surface area contributed by atoms with Crippen LogP contribution in [0.25, 0.3) is 11.3 Å². The number of hydrogen-bond donors (Lipinski definition) is 3. The Morgan fingerprint density at radius 2 is 1.80 bits per heavy atom. The van der Waals surface area contributed by atoms with Crippen molar-refractivity contribution in [2.24, 2.45) is 0 Å². The smallest absolute Gasteiger partial charge is 0.0689 e. The van der Waals surface area contributed by atoms with Gasteiger partial charge in [-0.1, -0.05) is 19.1 Å². The SMILES string of the molecule is CCc1cc(N)c(-c2ccc(N)cc2)[nH]1. The van der Waals surface area contributed by atoms with E-state index in [4.69, 9.17) is 11.5 Å². The number of nitrogens with one attached hydrogen (secondary N) is 1. The molecule has 1 aromatic carbocycles. The van der Waals surface area contributed by atoms with Crippen molar-refractivity contribution in [1.82, 2.24) is 4.98 Å². The molecule has 78 valence electrons. The summed E-state index contributed by atoms with van der Waals surface area (Å²) in [5.41, 5.74) is 16.3. The Labute approximate surface area is 89.1 Å². The number of hydrogen-bond acceptors (Lipinski definition) is 2. The van der Waals surface area contributed by atoms with Gasteiger partial charge in [0.05, 0.1) is 11.4 Å². The fourth-order valence-electron chi connectivity index (χ4n) is 1.61. The lowest BCUT2D eigenvalue weighted by molar-refractivity contribution is 1.07. The molecule has 3 nitrogen and oxygen atoms in total. The first-order chi connectivity index (χ1) is 7.20. The molecule has 2 rings (SSSR count). The summed E-state index contributed by atoms with van der Waals surface area (Å²) in [5.74, 6) is 0. The number of benzene rings is 1. The van der Waals surface area contributed by atoms with E-state index in [9.17, 15) is 0 Å². The number of H-pyrrole nitrogens is 1. The zero-order valence-electron chi connectivity index (χ0n) is 8.75. The van der Waals surface area contributed by atoms with Crippen molar-refractivity contribution in [2.75, 3.05) is 11.5 Å². The van der Waals surface area contributed by atoms with Crippen molar-refractivity contribution in [3.8, 4) is 11.3 Å². The van der Waals surface area contributed by atoms with Gasteiger partial charge in [-0.05, 0) is 24.6 Å². The molecule has 0 aliphatic heterocycles. The highest BCUT2D eigenvalue weighted by atomic mass is 14.8. The monoisotopic (exact) mass is 201 g/mol. The molecule has 0 saturated heterocycles. The predicted octanol–water partition coefficient (Wildman–Crippen LogP) is 2.41. The summed E-state index contributed by atoms with van der Waals surface area (Å²) >= 11 is 0. The molecular weight excluding hydrogens is 186 g/mol. The van der Waals surface area contributed by atoms with Crippen LogP contribution in [0.5, 0.6) is 0 Å². The highest BCUT2D eigenvalue weighted by Crippen LogP contribution is 2.26. The van der Waals surface area contributed by atoms with Crippen molar-refractivity contribution >= 4 is 11.4 Å². The van der Waals surface area contributed by atoms with Gasteiger partial charge in [0, 0.05) is 16.9 Å². The van der Waals surface area contributed by atoms with Crippen LogP contribution in [-0.4, -0.2) is 4.98 Å². The molecule has 0 amide bonds. The molecule has 0 aliphatic carbocycles. The number of aromatic nitrogens is 1. The number of aryl methyl sites for hydroxylation is 1. The molecule has 0 bridgehead atoms. The maximum Gasteiger partial charge on any atom is 0.0689 e. The molecule has 0 radical (unpaired) electrons. The van der Waals surface area contributed by atoms with Gasteiger partial charge in [0.2, 0.25) is 0 Å². The summed E-state index contributed by atoms with van der Waals surface area (Å²) in [5, 5.41) is 0. The summed E-state index contributed by atoms with van der Waals surface area (Å²) in [7, 11) is 0. The van der Waals surface area contributed by atoms with Crippen molar-refractivity contribution in [3.63, 3.8) is 0 Å². The first kappa shape index (κ1) is 9.65. The summed E-state index contributed by atoms with van der Waals surface area (Å²) in [6, 6.07) is 9.67. The molecule has 15 heavy (non-hydrogen) atoms. The van der Waals surface area contributed by atoms with Gasteiger partial charge >= 0.3 is 0 Å². The Bertz CT molecular complexity index is 454. The molecule has 0 unspecified atom stereocenters. The van der Waals surface area contributed by atoms with Gasteiger partial charge in [-0.25, -0.2) is 0 Å². The van der Waals surface area contributed by atoms with E-state index < -0.39 is 0 Å². The second-order valence-electron chi connectivity index (χ2n) is 3.60. The third-order valence-corrected chi connectivity index (χ3v) is 2.48.